The first-order valence-corrected chi connectivity index (χ1v) is 16.0. The summed E-state index contributed by atoms with van der Waals surface area (Å²) >= 11 is 0. The quantitative estimate of drug-likeness (QED) is 0.205. The van der Waals surface area contributed by atoms with Gasteiger partial charge in [-0.25, -0.2) is 9.59 Å². The van der Waals surface area contributed by atoms with Crippen LogP contribution >= 0.6 is 0 Å². The van der Waals surface area contributed by atoms with Crippen molar-refractivity contribution in [2.24, 2.45) is 0 Å². The number of urea groups is 1. The van der Waals surface area contributed by atoms with Gasteiger partial charge in [0.25, 0.3) is 0 Å². The molecule has 3 amide bonds. The van der Waals surface area contributed by atoms with Gasteiger partial charge >= 0.3 is 12.0 Å². The molecule has 1 saturated heterocycles. The summed E-state index contributed by atoms with van der Waals surface area (Å²) < 4.78 is 18.1. The fourth-order valence-corrected chi connectivity index (χ4v) is 7.32. The summed E-state index contributed by atoms with van der Waals surface area (Å²) in [5, 5.41) is 16.7. The van der Waals surface area contributed by atoms with Crippen molar-refractivity contribution >= 4 is 29.3 Å². The fraction of sp³-hybridized carbons (Fsp3) is 0.289. The Morgan fingerprint density at radius 2 is 1.52 bits per heavy atom. The molecule has 0 aliphatic carbocycles. The van der Waals surface area contributed by atoms with Crippen LogP contribution in [0.1, 0.15) is 64.0 Å². The van der Waals surface area contributed by atoms with Gasteiger partial charge in [0.15, 0.2) is 5.60 Å². The Hall–Kier alpha value is -5.35. The van der Waals surface area contributed by atoms with Gasteiger partial charge in [-0.3, -0.25) is 4.79 Å². The van der Waals surface area contributed by atoms with Gasteiger partial charge in [0.1, 0.15) is 17.2 Å². The van der Waals surface area contributed by atoms with Gasteiger partial charge in [-0.1, -0.05) is 38.1 Å². The molecule has 3 heterocycles. The highest BCUT2D eigenvalue weighted by atomic mass is 16.6. The molecule has 1 atom stereocenters. The van der Waals surface area contributed by atoms with Crippen LogP contribution in [0, 0.1) is 13.8 Å². The Morgan fingerprint density at radius 3 is 2.19 bits per heavy atom. The number of phenols is 1. The maximum absolute atomic E-state index is 13.4. The molecule has 4 aromatic rings. The molecule has 1 unspecified atom stereocenters. The number of aromatic hydroxyl groups is 1. The first-order valence-electron chi connectivity index (χ1n) is 16.0. The highest BCUT2D eigenvalue weighted by Gasteiger charge is 2.53. The van der Waals surface area contributed by atoms with E-state index in [4.69, 9.17) is 14.2 Å². The van der Waals surface area contributed by atoms with E-state index >= 15 is 0 Å². The average Bonchev–Trinajstić information content (AvgIpc) is 3.32. The van der Waals surface area contributed by atoms with Crippen LogP contribution in [0.4, 0.5) is 16.2 Å². The standard InChI is InChI=1S/C38H37N3O7/c1-22-17-23(2)34(30(42)18-22)37(3,4)21-33(43)39-24-9-11-28-31(19-24)47-32-20-25(40-36(45)41-13-15-46-16-14-41)10-12-29(32)38(28)27-8-6-5-7-26(27)35(44)48-38/h5-12,17-20,42H,13-16,21H2,1-4H3,(H,39,43)(H,40,45). The number of phenolic OH excluding ortho intramolecular Hbond substituents is 1. The van der Waals surface area contributed by atoms with Crippen molar-refractivity contribution in [1.29, 1.82) is 0 Å². The molecule has 3 N–H and O–H groups in total. The molecule has 3 aliphatic rings. The SMILES string of the molecule is Cc1cc(C)c(C(C)(C)CC(=O)Nc2ccc3c(c2)Oc2cc(NC(=O)N4CCOCC4)ccc2C32OC(=O)c3ccccc32)c(O)c1. The van der Waals surface area contributed by atoms with E-state index in [1.54, 1.807) is 53.4 Å². The van der Waals surface area contributed by atoms with E-state index in [1.807, 2.05) is 52.0 Å². The van der Waals surface area contributed by atoms with E-state index in [1.165, 1.54) is 0 Å². The zero-order valence-corrected chi connectivity index (χ0v) is 27.3. The lowest BCUT2D eigenvalue weighted by atomic mass is 9.77. The minimum atomic E-state index is -1.30. The zero-order valence-electron chi connectivity index (χ0n) is 27.3. The number of rotatable bonds is 5. The molecule has 1 fully saturated rings. The lowest BCUT2D eigenvalue weighted by Gasteiger charge is -2.37. The summed E-state index contributed by atoms with van der Waals surface area (Å²) in [6.07, 6.45) is 0.117. The highest BCUT2D eigenvalue weighted by Crippen LogP contribution is 2.56. The maximum Gasteiger partial charge on any atom is 0.340 e. The molecule has 0 bridgehead atoms. The number of amides is 3. The van der Waals surface area contributed by atoms with Crippen LogP contribution in [0.25, 0.3) is 0 Å². The number of morpholine rings is 1. The number of esters is 1. The molecule has 1 spiro atoms. The highest BCUT2D eigenvalue weighted by molar-refractivity contribution is 5.98. The van der Waals surface area contributed by atoms with Crippen LogP contribution in [0.5, 0.6) is 17.2 Å². The number of aryl methyl sites for hydroxylation is 2. The van der Waals surface area contributed by atoms with Crippen LogP contribution in [-0.2, 0) is 25.3 Å². The van der Waals surface area contributed by atoms with Gasteiger partial charge in [0.05, 0.1) is 18.8 Å². The van der Waals surface area contributed by atoms with Crippen molar-refractivity contribution in [1.82, 2.24) is 4.90 Å². The van der Waals surface area contributed by atoms with Crippen LogP contribution in [-0.4, -0.2) is 54.2 Å². The normalized spacial score (nSPS) is 17.9. The van der Waals surface area contributed by atoms with E-state index in [9.17, 15) is 19.5 Å². The summed E-state index contributed by atoms with van der Waals surface area (Å²) in [5.74, 6) is 0.275. The molecule has 246 valence electrons. The molecule has 3 aliphatic heterocycles. The minimum absolute atomic E-state index is 0.117. The Labute approximate surface area is 278 Å². The molecular formula is C38H37N3O7. The van der Waals surface area contributed by atoms with Crippen molar-refractivity contribution in [3.05, 3.63) is 112 Å². The van der Waals surface area contributed by atoms with E-state index in [0.717, 1.165) is 16.7 Å². The van der Waals surface area contributed by atoms with E-state index in [-0.39, 0.29) is 24.1 Å². The van der Waals surface area contributed by atoms with Crippen molar-refractivity contribution in [3.63, 3.8) is 0 Å². The number of carbonyl (C=O) groups is 3. The number of carbonyl (C=O) groups excluding carboxylic acids is 3. The van der Waals surface area contributed by atoms with Gasteiger partial charge in [-0.05, 0) is 61.4 Å². The monoisotopic (exact) mass is 647 g/mol. The number of benzene rings is 4. The van der Waals surface area contributed by atoms with Gasteiger partial charge in [-0.2, -0.15) is 0 Å². The second-order valence-corrected chi connectivity index (χ2v) is 13.3. The second kappa shape index (κ2) is 11.7. The Balaban J connectivity index is 1.22. The predicted octanol–water partition coefficient (Wildman–Crippen LogP) is 6.75. The van der Waals surface area contributed by atoms with E-state index < -0.39 is 17.0 Å². The maximum atomic E-state index is 13.4. The molecule has 7 rings (SSSR count). The molecule has 4 aromatic carbocycles. The Kier molecular flexibility index (Phi) is 7.63. The van der Waals surface area contributed by atoms with Crippen molar-refractivity contribution in [2.75, 3.05) is 36.9 Å². The molecular weight excluding hydrogens is 610 g/mol. The molecule has 48 heavy (non-hydrogen) atoms. The molecule has 0 aromatic heterocycles. The number of fused-ring (bicyclic) bond motifs is 6. The van der Waals surface area contributed by atoms with Gasteiger partial charge in [-0.15, -0.1) is 0 Å². The van der Waals surface area contributed by atoms with Crippen molar-refractivity contribution in [3.8, 4) is 17.2 Å². The predicted molar refractivity (Wildman–Crippen MR) is 180 cm³/mol. The summed E-state index contributed by atoms with van der Waals surface area (Å²) in [4.78, 5) is 41.4. The molecule has 10 heteroatoms. The zero-order chi connectivity index (χ0) is 33.8. The summed E-state index contributed by atoms with van der Waals surface area (Å²) in [6.45, 7) is 9.67. The van der Waals surface area contributed by atoms with Crippen molar-refractivity contribution in [2.45, 2.75) is 45.1 Å². The average molecular weight is 648 g/mol. The first kappa shape index (κ1) is 31.3. The van der Waals surface area contributed by atoms with Crippen LogP contribution in [0.15, 0.2) is 72.8 Å². The van der Waals surface area contributed by atoms with Gasteiger partial charge in [0, 0.05) is 70.7 Å². The number of hydrogen-bond acceptors (Lipinski definition) is 7. The van der Waals surface area contributed by atoms with Crippen LogP contribution in [0.3, 0.4) is 0 Å². The Bertz CT molecular complexity index is 1960. The van der Waals surface area contributed by atoms with Crippen LogP contribution < -0.4 is 15.4 Å². The number of nitrogens with zero attached hydrogens (tertiary/aromatic N) is 1. The summed E-state index contributed by atoms with van der Waals surface area (Å²) in [7, 11) is 0. The fourth-order valence-electron chi connectivity index (χ4n) is 7.32. The molecule has 0 saturated carbocycles. The third-order valence-corrected chi connectivity index (χ3v) is 9.29. The number of nitrogens with one attached hydrogen (secondary N) is 2. The molecule has 10 nitrogen and oxygen atoms in total. The lowest BCUT2D eigenvalue weighted by Crippen LogP contribution is -2.43. The third kappa shape index (κ3) is 5.32. The van der Waals surface area contributed by atoms with Crippen molar-refractivity contribution < 1.29 is 33.7 Å². The largest absolute Gasteiger partial charge is 0.508 e. The summed E-state index contributed by atoms with van der Waals surface area (Å²) in [6, 6.07) is 21.3. The van der Waals surface area contributed by atoms with E-state index in [0.29, 0.717) is 71.4 Å². The summed E-state index contributed by atoms with van der Waals surface area (Å²) in [5.41, 5.74) is 4.02. The van der Waals surface area contributed by atoms with Crippen LogP contribution in [0.2, 0.25) is 0 Å². The molecule has 0 radical (unpaired) electrons. The minimum Gasteiger partial charge on any atom is -0.508 e. The third-order valence-electron chi connectivity index (χ3n) is 9.29. The number of hydrogen-bond donors (Lipinski definition) is 3. The first-order chi connectivity index (χ1) is 23.0. The van der Waals surface area contributed by atoms with Gasteiger partial charge in [0.2, 0.25) is 5.91 Å². The topological polar surface area (TPSA) is 126 Å². The van der Waals surface area contributed by atoms with E-state index in [2.05, 4.69) is 10.6 Å². The number of anilines is 2. The Morgan fingerprint density at radius 1 is 0.875 bits per heavy atom. The smallest absolute Gasteiger partial charge is 0.340 e. The lowest BCUT2D eigenvalue weighted by molar-refractivity contribution is -0.117. The van der Waals surface area contributed by atoms with Gasteiger partial charge < -0.3 is 34.9 Å². The second-order valence-electron chi connectivity index (χ2n) is 13.3. The number of ether oxygens (including phenoxy) is 3.